The van der Waals surface area contributed by atoms with Gasteiger partial charge in [-0.3, -0.25) is 9.59 Å². The zero-order valence-electron chi connectivity index (χ0n) is 24.7. The highest BCUT2D eigenvalue weighted by molar-refractivity contribution is 7.10. The Kier molecular flexibility index (Phi) is 6.76. The van der Waals surface area contributed by atoms with Crippen molar-refractivity contribution in [1.29, 1.82) is 0 Å². The van der Waals surface area contributed by atoms with E-state index in [0.717, 1.165) is 12.8 Å². The largest absolute Gasteiger partial charge is 0.425 e. The minimum atomic E-state index is -4.52. The number of hydrogen-bond acceptors (Lipinski definition) is 8. The summed E-state index contributed by atoms with van der Waals surface area (Å²) in [6.45, 7) is 2.38. The molecule has 5 heterocycles. The molecule has 0 bridgehead atoms. The summed E-state index contributed by atoms with van der Waals surface area (Å²) in [6, 6.07) is 0.375. The van der Waals surface area contributed by atoms with Gasteiger partial charge in [-0.15, -0.1) is 16.4 Å². The van der Waals surface area contributed by atoms with Crippen LogP contribution in [0.4, 0.5) is 24.5 Å². The molecule has 14 heteroatoms. The minimum absolute atomic E-state index is 0.0136. The topological polar surface area (TPSA) is 106 Å². The van der Waals surface area contributed by atoms with Gasteiger partial charge in [0.05, 0.1) is 20.7 Å². The monoisotopic (exact) mass is 593 g/mol. The van der Waals surface area contributed by atoms with E-state index < -0.39 is 23.5 Å². The van der Waals surface area contributed by atoms with Crippen molar-refractivity contribution in [1.82, 2.24) is 24.5 Å². The third-order valence-corrected chi connectivity index (χ3v) is 9.14. The number of nitrogens with zero attached hydrogens (tertiary/aromatic N) is 5. The Hall–Kier alpha value is -3.23. The van der Waals surface area contributed by atoms with E-state index in [0.29, 0.717) is 47.8 Å². The van der Waals surface area contributed by atoms with Crippen LogP contribution < -0.4 is 21.1 Å². The molecule has 3 aliphatic rings. The molecule has 10 nitrogen and oxygen atoms in total. The molecule has 3 aromatic rings. The second-order valence-corrected chi connectivity index (χ2v) is 11.3. The number of alkyl halides is 3. The number of thiophene rings is 1. The molecule has 41 heavy (non-hydrogen) atoms. The van der Waals surface area contributed by atoms with E-state index >= 15 is 0 Å². The van der Waals surface area contributed by atoms with Crippen molar-refractivity contribution in [3.05, 3.63) is 43.8 Å². The Bertz CT molecular complexity index is 1670. The maximum Gasteiger partial charge on any atom is 0.425 e. The Morgan fingerprint density at radius 2 is 2.20 bits per heavy atom. The van der Waals surface area contributed by atoms with E-state index in [9.17, 15) is 22.8 Å². The quantitative estimate of drug-likeness (QED) is 0.450. The third-order valence-electron chi connectivity index (χ3n) is 8.02. The summed E-state index contributed by atoms with van der Waals surface area (Å²) in [4.78, 5) is 33.5. The lowest BCUT2D eigenvalue weighted by atomic mass is 9.83. The van der Waals surface area contributed by atoms with Crippen LogP contribution in [0.2, 0.25) is 0 Å². The molecule has 1 saturated carbocycles. The first-order valence-corrected chi connectivity index (χ1v) is 14.6. The SMILES string of the molecule is [2H]C1([2H])CCC(c2nc3n(CC(=O)Nc4csc(C(F)(F)F)c4C)c(CC)c(N4CCN[C@H]5CC[C@@H]54)c(=O)n3n2)=CCO1. The molecular weight excluding hydrogens is 559 g/mol. The molecule has 0 aromatic carbocycles. The minimum Gasteiger partial charge on any atom is -0.377 e. The summed E-state index contributed by atoms with van der Waals surface area (Å²) in [7, 11) is 0. The van der Waals surface area contributed by atoms with Gasteiger partial charge in [-0.25, -0.2) is 0 Å². The summed E-state index contributed by atoms with van der Waals surface area (Å²) in [5.74, 6) is -0.206. The fraction of sp³-hybridized carbons (Fsp3) is 0.556. The molecule has 0 radical (unpaired) electrons. The fourth-order valence-corrected chi connectivity index (χ4v) is 6.75. The van der Waals surface area contributed by atoms with Crippen molar-refractivity contribution in [2.24, 2.45) is 0 Å². The Morgan fingerprint density at radius 3 is 2.90 bits per heavy atom. The van der Waals surface area contributed by atoms with Gasteiger partial charge in [-0.05, 0) is 50.2 Å². The number of ether oxygens (including phenoxy) is 1. The molecule has 6 rings (SSSR count). The molecule has 220 valence electrons. The highest BCUT2D eigenvalue weighted by Crippen LogP contribution is 2.40. The van der Waals surface area contributed by atoms with E-state index in [2.05, 4.69) is 25.6 Å². The van der Waals surface area contributed by atoms with Crippen LogP contribution in [-0.2, 0) is 28.7 Å². The predicted octanol–water partition coefficient (Wildman–Crippen LogP) is 3.62. The summed E-state index contributed by atoms with van der Waals surface area (Å²) in [5, 5.41) is 11.9. The molecule has 2 aliphatic heterocycles. The van der Waals surface area contributed by atoms with Gasteiger partial charge in [0, 0.05) is 37.1 Å². The maximum atomic E-state index is 14.1. The van der Waals surface area contributed by atoms with Gasteiger partial charge in [-0.1, -0.05) is 13.0 Å². The second-order valence-electron chi connectivity index (χ2n) is 10.4. The number of aromatic nitrogens is 4. The molecule has 2 fully saturated rings. The van der Waals surface area contributed by atoms with E-state index in [-0.39, 0.29) is 66.5 Å². The maximum absolute atomic E-state index is 14.1. The second kappa shape index (κ2) is 10.9. The number of amides is 1. The zero-order valence-corrected chi connectivity index (χ0v) is 23.5. The smallest absolute Gasteiger partial charge is 0.377 e. The van der Waals surface area contributed by atoms with Gasteiger partial charge in [0.1, 0.15) is 17.1 Å². The van der Waals surface area contributed by atoms with Crippen molar-refractivity contribution in [3.8, 4) is 0 Å². The molecule has 1 saturated heterocycles. The number of carbonyl (C=O) groups excluding carboxylic acids is 1. The number of piperazine rings is 1. The van der Waals surface area contributed by atoms with Crippen LogP contribution in [0.5, 0.6) is 0 Å². The summed E-state index contributed by atoms with van der Waals surface area (Å²) >= 11 is 0.522. The Morgan fingerprint density at radius 1 is 1.37 bits per heavy atom. The molecule has 1 amide bonds. The number of carbonyl (C=O) groups is 1. The average molecular weight is 594 g/mol. The zero-order chi connectivity index (χ0) is 30.7. The molecule has 0 unspecified atom stereocenters. The van der Waals surface area contributed by atoms with E-state index in [1.54, 1.807) is 10.6 Å². The van der Waals surface area contributed by atoms with E-state index in [1.807, 2.05) is 6.92 Å². The number of anilines is 2. The lowest BCUT2D eigenvalue weighted by Crippen LogP contribution is -2.64. The number of nitrogens with one attached hydrogen (secondary N) is 2. The number of fused-ring (bicyclic) bond motifs is 2. The van der Waals surface area contributed by atoms with Crippen molar-refractivity contribution in [2.45, 2.75) is 70.8 Å². The molecule has 2 atom stereocenters. The van der Waals surface area contributed by atoms with Crippen molar-refractivity contribution in [2.75, 3.05) is 36.5 Å². The van der Waals surface area contributed by atoms with Crippen LogP contribution in [-0.4, -0.2) is 63.4 Å². The van der Waals surface area contributed by atoms with Crippen LogP contribution in [0.25, 0.3) is 11.4 Å². The first kappa shape index (κ1) is 25.5. The molecule has 3 aromatic heterocycles. The van der Waals surface area contributed by atoms with Crippen molar-refractivity contribution < 1.29 is 25.4 Å². The van der Waals surface area contributed by atoms with Gasteiger partial charge in [-0.2, -0.15) is 22.7 Å². The highest BCUT2D eigenvalue weighted by Gasteiger charge is 2.41. The van der Waals surface area contributed by atoms with Crippen LogP contribution >= 0.6 is 11.3 Å². The first-order valence-electron chi connectivity index (χ1n) is 14.7. The summed E-state index contributed by atoms with van der Waals surface area (Å²) < 4.78 is 64.1. The number of halogens is 3. The number of allylic oxidation sites excluding steroid dienone is 1. The summed E-state index contributed by atoms with van der Waals surface area (Å²) in [5.41, 5.74) is 1.31. The Labute approximate surface area is 241 Å². The van der Waals surface area contributed by atoms with Gasteiger partial charge < -0.3 is 24.8 Å². The predicted molar refractivity (Wildman–Crippen MR) is 150 cm³/mol. The standard InChI is InChI=1S/C27H32F3N7O3S/c1-3-19-22(35-10-9-31-17-6-7-20(17)35)25(39)37-26(33-24(34-37)16-5-4-11-40-12-8-16)36(19)13-21(38)32-18-14-41-23(15(18)2)27(28,29)30/h8,14,17,20,31H,3-7,9-13H2,1-2H3,(H,32,38)/t17-,20-/m0/s1/i11D2. The number of rotatable bonds is 6. The molecule has 1 aliphatic carbocycles. The van der Waals surface area contributed by atoms with Crippen LogP contribution in [0.3, 0.4) is 0 Å². The number of hydrogen-bond donors (Lipinski definition) is 2. The highest BCUT2D eigenvalue weighted by atomic mass is 32.1. The fourth-order valence-electron chi connectivity index (χ4n) is 5.86. The van der Waals surface area contributed by atoms with Crippen LogP contribution in [0, 0.1) is 6.92 Å². The van der Waals surface area contributed by atoms with Gasteiger partial charge >= 0.3 is 6.18 Å². The van der Waals surface area contributed by atoms with Gasteiger partial charge in [0.15, 0.2) is 5.82 Å². The van der Waals surface area contributed by atoms with Gasteiger partial charge in [0.2, 0.25) is 11.7 Å². The average Bonchev–Trinajstić information content (AvgIpc) is 3.47. The molecule has 0 spiro atoms. The Balaban J connectivity index is 1.43. The van der Waals surface area contributed by atoms with Crippen molar-refractivity contribution in [3.63, 3.8) is 0 Å². The van der Waals surface area contributed by atoms with E-state index in [4.69, 9.17) is 7.48 Å². The first-order chi connectivity index (χ1) is 20.4. The van der Waals surface area contributed by atoms with Crippen LogP contribution in [0.1, 0.15) is 57.3 Å². The normalized spacial score (nSPS) is 23.2. The van der Waals surface area contributed by atoms with E-state index in [1.165, 1.54) is 16.8 Å². The van der Waals surface area contributed by atoms with Crippen LogP contribution in [0.15, 0.2) is 16.3 Å². The lowest BCUT2D eigenvalue weighted by Gasteiger charge is -2.50. The molecule has 2 N–H and O–H groups in total. The van der Waals surface area contributed by atoms with Crippen molar-refractivity contribution >= 4 is 40.0 Å². The third kappa shape index (κ3) is 5.06. The lowest BCUT2D eigenvalue weighted by molar-refractivity contribution is -0.134. The molecular formula is C27H32F3N7O3S. The summed E-state index contributed by atoms with van der Waals surface area (Å²) in [6.07, 6.45) is -0.165. The van der Waals surface area contributed by atoms with Gasteiger partial charge in [0.25, 0.3) is 5.56 Å².